The van der Waals surface area contributed by atoms with Gasteiger partial charge in [-0.15, -0.1) is 0 Å². The molecule has 0 aromatic carbocycles. The van der Waals surface area contributed by atoms with Crippen molar-refractivity contribution < 1.29 is 4.42 Å². The molecule has 0 saturated heterocycles. The molecule has 0 aliphatic heterocycles. The molecular formula is C14H19N3O. The Kier molecular flexibility index (Phi) is 2.74. The van der Waals surface area contributed by atoms with Gasteiger partial charge in [-0.05, 0) is 24.8 Å². The topological polar surface area (TPSA) is 67.8 Å². The number of furan rings is 1. The fraction of sp³-hybridized carbons (Fsp3) is 0.500. The fourth-order valence-corrected chi connectivity index (χ4v) is 2.61. The lowest BCUT2D eigenvalue weighted by molar-refractivity contribution is 0.495. The van der Waals surface area contributed by atoms with Gasteiger partial charge in [-0.25, -0.2) is 4.98 Å². The van der Waals surface area contributed by atoms with Crippen LogP contribution in [-0.4, -0.2) is 9.97 Å². The van der Waals surface area contributed by atoms with Crippen LogP contribution in [0, 0.1) is 5.92 Å². The van der Waals surface area contributed by atoms with Gasteiger partial charge < -0.3 is 15.1 Å². The number of imidazole rings is 1. The summed E-state index contributed by atoms with van der Waals surface area (Å²) >= 11 is 0. The summed E-state index contributed by atoms with van der Waals surface area (Å²) < 4.78 is 5.46. The molecule has 2 aromatic heterocycles. The Labute approximate surface area is 107 Å². The highest BCUT2D eigenvalue weighted by Crippen LogP contribution is 2.33. The number of aromatic amines is 1. The van der Waals surface area contributed by atoms with Crippen LogP contribution in [0.15, 0.2) is 16.7 Å². The average Bonchev–Trinajstić information content (AvgIpc) is 2.93. The monoisotopic (exact) mass is 245 g/mol. The van der Waals surface area contributed by atoms with Crippen LogP contribution in [0.2, 0.25) is 0 Å². The number of aryl methyl sites for hydroxylation is 2. The molecule has 3 N–H and O–H groups in total. The maximum absolute atomic E-state index is 6.19. The van der Waals surface area contributed by atoms with Crippen molar-refractivity contribution in [3.05, 3.63) is 29.6 Å². The molecule has 3 rings (SSSR count). The lowest BCUT2D eigenvalue weighted by Crippen LogP contribution is -2.14. The van der Waals surface area contributed by atoms with Crippen LogP contribution in [0.25, 0.3) is 11.3 Å². The molecule has 1 aliphatic rings. The first kappa shape index (κ1) is 11.5. The van der Waals surface area contributed by atoms with E-state index in [0.29, 0.717) is 5.92 Å². The molecule has 0 spiro atoms. The third kappa shape index (κ3) is 1.86. The van der Waals surface area contributed by atoms with Crippen molar-refractivity contribution in [2.45, 2.75) is 39.2 Å². The van der Waals surface area contributed by atoms with Crippen LogP contribution in [0.4, 0.5) is 0 Å². The van der Waals surface area contributed by atoms with Gasteiger partial charge in [-0.2, -0.15) is 0 Å². The Bertz CT molecular complexity index is 553. The molecule has 2 heterocycles. The van der Waals surface area contributed by atoms with Crippen LogP contribution in [0.3, 0.4) is 0 Å². The molecule has 4 nitrogen and oxygen atoms in total. The maximum atomic E-state index is 6.19. The summed E-state index contributed by atoms with van der Waals surface area (Å²) in [6.45, 7) is 4.35. The molecule has 0 amide bonds. The van der Waals surface area contributed by atoms with E-state index >= 15 is 0 Å². The first-order valence-corrected chi connectivity index (χ1v) is 6.56. The van der Waals surface area contributed by atoms with Gasteiger partial charge in [0, 0.05) is 17.7 Å². The van der Waals surface area contributed by atoms with Crippen molar-refractivity contribution in [2.24, 2.45) is 11.7 Å². The number of nitrogens with one attached hydrogen (secondary N) is 1. The van der Waals surface area contributed by atoms with Crippen molar-refractivity contribution in [2.75, 3.05) is 0 Å². The highest BCUT2D eigenvalue weighted by atomic mass is 16.3. The average molecular weight is 245 g/mol. The zero-order valence-corrected chi connectivity index (χ0v) is 10.9. The Hall–Kier alpha value is -1.55. The number of nitrogens with zero attached hydrogens (tertiary/aromatic N) is 1. The molecule has 4 heteroatoms. The summed E-state index contributed by atoms with van der Waals surface area (Å²) in [5, 5.41) is 0. The molecule has 0 bridgehead atoms. The number of nitrogens with two attached hydrogens (primary N) is 1. The molecule has 0 saturated carbocycles. The van der Waals surface area contributed by atoms with E-state index in [1.165, 1.54) is 5.69 Å². The number of H-pyrrole nitrogens is 1. The second-order valence-corrected chi connectivity index (χ2v) is 5.44. The zero-order valence-electron chi connectivity index (χ0n) is 10.9. The maximum Gasteiger partial charge on any atom is 0.124 e. The number of rotatable bonds is 3. The van der Waals surface area contributed by atoms with E-state index in [2.05, 4.69) is 23.8 Å². The van der Waals surface area contributed by atoms with E-state index in [1.54, 1.807) is 6.26 Å². The van der Waals surface area contributed by atoms with E-state index in [-0.39, 0.29) is 6.04 Å². The van der Waals surface area contributed by atoms with Gasteiger partial charge in [0.2, 0.25) is 0 Å². The molecular weight excluding hydrogens is 226 g/mol. The molecule has 18 heavy (non-hydrogen) atoms. The number of fused-ring (bicyclic) bond motifs is 3. The van der Waals surface area contributed by atoms with Crippen molar-refractivity contribution >= 4 is 0 Å². The van der Waals surface area contributed by atoms with Crippen molar-refractivity contribution in [3.63, 3.8) is 0 Å². The number of hydrogen-bond donors (Lipinski definition) is 2. The molecule has 0 fully saturated rings. The minimum atomic E-state index is -0.00838. The number of aromatic nitrogens is 2. The molecule has 1 atom stereocenters. The minimum Gasteiger partial charge on any atom is -0.469 e. The molecule has 1 aliphatic carbocycles. The van der Waals surface area contributed by atoms with Gasteiger partial charge in [0.1, 0.15) is 11.6 Å². The van der Waals surface area contributed by atoms with Crippen molar-refractivity contribution in [3.8, 4) is 11.3 Å². The van der Waals surface area contributed by atoms with Crippen LogP contribution >= 0.6 is 0 Å². The molecule has 1 unspecified atom stereocenters. The van der Waals surface area contributed by atoms with Gasteiger partial charge in [0.15, 0.2) is 0 Å². The van der Waals surface area contributed by atoms with E-state index in [1.807, 2.05) is 6.07 Å². The Balaban J connectivity index is 1.94. The van der Waals surface area contributed by atoms with Gasteiger partial charge >= 0.3 is 0 Å². The van der Waals surface area contributed by atoms with Gasteiger partial charge in [0.05, 0.1) is 18.0 Å². The minimum absolute atomic E-state index is 0.00838. The highest BCUT2D eigenvalue weighted by Gasteiger charge is 2.24. The van der Waals surface area contributed by atoms with Crippen LogP contribution < -0.4 is 5.73 Å². The lowest BCUT2D eigenvalue weighted by atomic mass is 10.00. The van der Waals surface area contributed by atoms with Gasteiger partial charge in [-0.1, -0.05) is 13.8 Å². The molecule has 0 radical (unpaired) electrons. The standard InChI is InChI=1S/C14H19N3O/c1-8(2)7-10(15)14-16-11-3-4-12-9(5-6-18-12)13(11)17-14/h5-6,8,10H,3-4,7,15H2,1-2H3,(H,16,17). The summed E-state index contributed by atoms with van der Waals surface area (Å²) in [6, 6.07) is 1.98. The Morgan fingerprint density at radius 3 is 3.06 bits per heavy atom. The summed E-state index contributed by atoms with van der Waals surface area (Å²) in [5.74, 6) is 2.52. The Morgan fingerprint density at radius 2 is 2.28 bits per heavy atom. The smallest absolute Gasteiger partial charge is 0.124 e. The second-order valence-electron chi connectivity index (χ2n) is 5.44. The van der Waals surface area contributed by atoms with Crippen LogP contribution in [0.5, 0.6) is 0 Å². The zero-order chi connectivity index (χ0) is 12.7. The van der Waals surface area contributed by atoms with E-state index < -0.39 is 0 Å². The van der Waals surface area contributed by atoms with E-state index in [4.69, 9.17) is 10.2 Å². The van der Waals surface area contributed by atoms with Gasteiger partial charge in [-0.3, -0.25) is 0 Å². The van der Waals surface area contributed by atoms with E-state index in [9.17, 15) is 0 Å². The quantitative estimate of drug-likeness (QED) is 0.873. The first-order valence-electron chi connectivity index (χ1n) is 6.56. The van der Waals surface area contributed by atoms with Gasteiger partial charge in [0.25, 0.3) is 0 Å². The van der Waals surface area contributed by atoms with Crippen LogP contribution in [-0.2, 0) is 12.8 Å². The summed E-state index contributed by atoms with van der Waals surface area (Å²) in [6.07, 6.45) is 4.58. The lowest BCUT2D eigenvalue weighted by Gasteiger charge is -2.10. The third-order valence-electron chi connectivity index (χ3n) is 3.48. The van der Waals surface area contributed by atoms with Crippen molar-refractivity contribution in [1.82, 2.24) is 9.97 Å². The molecule has 96 valence electrons. The fourth-order valence-electron chi connectivity index (χ4n) is 2.61. The largest absolute Gasteiger partial charge is 0.469 e. The normalized spacial score (nSPS) is 15.6. The Morgan fingerprint density at radius 1 is 1.44 bits per heavy atom. The SMILES string of the molecule is CC(C)CC(N)c1nc2c([nH]1)CCc1occc1-2. The predicted molar refractivity (Wildman–Crippen MR) is 70.1 cm³/mol. The first-order chi connectivity index (χ1) is 8.65. The highest BCUT2D eigenvalue weighted by molar-refractivity contribution is 5.66. The van der Waals surface area contributed by atoms with E-state index in [0.717, 1.165) is 42.1 Å². The third-order valence-corrected chi connectivity index (χ3v) is 3.48. The van der Waals surface area contributed by atoms with Crippen molar-refractivity contribution in [1.29, 1.82) is 0 Å². The summed E-state index contributed by atoms with van der Waals surface area (Å²) in [4.78, 5) is 8.07. The summed E-state index contributed by atoms with van der Waals surface area (Å²) in [5.41, 5.74) is 9.53. The number of hydrogen-bond acceptors (Lipinski definition) is 3. The predicted octanol–water partition coefficient (Wildman–Crippen LogP) is 2.81. The summed E-state index contributed by atoms with van der Waals surface area (Å²) in [7, 11) is 0. The van der Waals surface area contributed by atoms with Crippen LogP contribution in [0.1, 0.15) is 43.6 Å². The molecule has 2 aromatic rings. The second kappa shape index (κ2) is 4.28.